The molecule has 1 unspecified atom stereocenters. The number of para-hydroxylation sites is 1. The van der Waals surface area contributed by atoms with Crippen LogP contribution in [-0.4, -0.2) is 32.7 Å². The van der Waals surface area contributed by atoms with E-state index in [1.807, 2.05) is 18.2 Å². The van der Waals surface area contributed by atoms with E-state index < -0.39 is 0 Å². The highest BCUT2D eigenvalue weighted by Gasteiger charge is 2.22. The summed E-state index contributed by atoms with van der Waals surface area (Å²) >= 11 is 0. The molecule has 1 aliphatic rings. The molecule has 1 aromatic carbocycles. The number of aliphatic imine (C=N–C) groups is 1. The van der Waals surface area contributed by atoms with Crippen molar-refractivity contribution >= 4 is 5.84 Å². The van der Waals surface area contributed by atoms with Crippen LogP contribution in [0.15, 0.2) is 29.3 Å². The van der Waals surface area contributed by atoms with E-state index in [1.54, 1.807) is 7.11 Å². The molecular weight excluding hydrogens is 216 g/mol. The first kappa shape index (κ1) is 11.9. The fourth-order valence-corrected chi connectivity index (χ4v) is 1.91. The van der Waals surface area contributed by atoms with Crippen LogP contribution in [0.4, 0.5) is 0 Å². The predicted molar refractivity (Wildman–Crippen MR) is 67.5 cm³/mol. The molecule has 92 valence electrons. The van der Waals surface area contributed by atoms with Crippen molar-refractivity contribution < 1.29 is 9.47 Å². The molecule has 0 aliphatic carbocycles. The van der Waals surface area contributed by atoms with Crippen molar-refractivity contribution in [3.63, 3.8) is 0 Å². The van der Waals surface area contributed by atoms with Gasteiger partial charge < -0.3 is 15.2 Å². The molecular formula is C13H18N2O2. The maximum Gasteiger partial charge on any atom is 0.122 e. The van der Waals surface area contributed by atoms with Crippen LogP contribution in [0, 0.1) is 5.92 Å². The highest BCUT2D eigenvalue weighted by atomic mass is 16.5. The van der Waals surface area contributed by atoms with Gasteiger partial charge in [-0.2, -0.15) is 0 Å². The Bertz CT molecular complexity index is 404. The molecule has 2 N–H and O–H groups in total. The second-order valence-corrected chi connectivity index (χ2v) is 4.12. The summed E-state index contributed by atoms with van der Waals surface area (Å²) in [6.45, 7) is 1.82. The molecule has 0 amide bonds. The van der Waals surface area contributed by atoms with E-state index in [4.69, 9.17) is 15.2 Å². The lowest BCUT2D eigenvalue weighted by atomic mass is 9.96. The smallest absolute Gasteiger partial charge is 0.122 e. The lowest BCUT2D eigenvalue weighted by molar-refractivity contribution is 0.207. The fraction of sp³-hybridized carbons (Fsp3) is 0.462. The van der Waals surface area contributed by atoms with Gasteiger partial charge in [0.2, 0.25) is 0 Å². The summed E-state index contributed by atoms with van der Waals surface area (Å²) in [5.41, 5.74) is 7.16. The van der Waals surface area contributed by atoms with Gasteiger partial charge in [0.25, 0.3) is 0 Å². The number of nitrogens with two attached hydrogens (primary N) is 1. The van der Waals surface area contributed by atoms with Crippen molar-refractivity contribution in [3.05, 3.63) is 29.8 Å². The summed E-state index contributed by atoms with van der Waals surface area (Å²) in [7, 11) is 1.66. The Morgan fingerprint density at radius 2 is 2.35 bits per heavy atom. The second-order valence-electron chi connectivity index (χ2n) is 4.12. The van der Waals surface area contributed by atoms with Crippen LogP contribution in [0.5, 0.6) is 5.75 Å². The first-order valence-corrected chi connectivity index (χ1v) is 5.80. The largest absolute Gasteiger partial charge is 0.493 e. The molecule has 0 spiro atoms. The van der Waals surface area contributed by atoms with Gasteiger partial charge in [-0.3, -0.25) is 4.99 Å². The van der Waals surface area contributed by atoms with Gasteiger partial charge >= 0.3 is 0 Å². The lowest BCUT2D eigenvalue weighted by Gasteiger charge is -2.24. The minimum Gasteiger partial charge on any atom is -0.493 e. The van der Waals surface area contributed by atoms with Gasteiger partial charge in [0.15, 0.2) is 0 Å². The van der Waals surface area contributed by atoms with Crippen LogP contribution in [0.1, 0.15) is 5.56 Å². The van der Waals surface area contributed by atoms with E-state index in [1.165, 1.54) is 5.56 Å². The third-order valence-electron chi connectivity index (χ3n) is 2.89. The highest BCUT2D eigenvalue weighted by molar-refractivity contribution is 5.83. The van der Waals surface area contributed by atoms with Crippen molar-refractivity contribution in [1.82, 2.24) is 0 Å². The quantitative estimate of drug-likeness (QED) is 0.484. The van der Waals surface area contributed by atoms with Crippen molar-refractivity contribution in [2.75, 3.05) is 26.9 Å². The van der Waals surface area contributed by atoms with Gasteiger partial charge in [0, 0.05) is 7.11 Å². The number of rotatable bonds is 4. The van der Waals surface area contributed by atoms with Gasteiger partial charge in [-0.1, -0.05) is 18.2 Å². The lowest BCUT2D eigenvalue weighted by Crippen LogP contribution is -2.33. The summed E-state index contributed by atoms with van der Waals surface area (Å²) in [5.74, 6) is 1.81. The number of methoxy groups -OCH3 is 1. The molecule has 17 heavy (non-hydrogen) atoms. The molecule has 4 heteroatoms. The molecule has 1 heterocycles. The maximum atomic E-state index is 5.96. The predicted octanol–water partition coefficient (Wildman–Crippen LogP) is 1.24. The zero-order valence-electron chi connectivity index (χ0n) is 10.1. The Kier molecular flexibility index (Phi) is 3.98. The summed E-state index contributed by atoms with van der Waals surface area (Å²) in [6.07, 6.45) is 0.901. The van der Waals surface area contributed by atoms with Crippen molar-refractivity contribution in [3.8, 4) is 5.75 Å². The van der Waals surface area contributed by atoms with Crippen molar-refractivity contribution in [2.45, 2.75) is 6.42 Å². The SMILES string of the molecule is COCCN=C(N)C1COc2ccccc2C1. The summed E-state index contributed by atoms with van der Waals surface area (Å²) in [5, 5.41) is 0. The van der Waals surface area contributed by atoms with E-state index in [0.29, 0.717) is 25.6 Å². The molecule has 0 aromatic heterocycles. The Morgan fingerprint density at radius 1 is 1.53 bits per heavy atom. The van der Waals surface area contributed by atoms with E-state index in [2.05, 4.69) is 11.1 Å². The topological polar surface area (TPSA) is 56.8 Å². The third-order valence-corrected chi connectivity index (χ3v) is 2.89. The molecule has 2 rings (SSSR count). The molecule has 0 radical (unpaired) electrons. The second kappa shape index (κ2) is 5.68. The number of nitrogens with zero attached hydrogens (tertiary/aromatic N) is 1. The minimum absolute atomic E-state index is 0.182. The van der Waals surface area contributed by atoms with Crippen LogP contribution < -0.4 is 10.5 Å². The van der Waals surface area contributed by atoms with Gasteiger partial charge in [0.05, 0.1) is 25.7 Å². The number of amidine groups is 1. The number of fused-ring (bicyclic) bond motifs is 1. The van der Waals surface area contributed by atoms with Gasteiger partial charge in [0.1, 0.15) is 11.6 Å². The Hall–Kier alpha value is -1.55. The third kappa shape index (κ3) is 2.97. The molecule has 1 atom stereocenters. The first-order valence-electron chi connectivity index (χ1n) is 5.80. The molecule has 0 bridgehead atoms. The van der Waals surface area contributed by atoms with E-state index in [-0.39, 0.29) is 5.92 Å². The molecule has 0 saturated carbocycles. The van der Waals surface area contributed by atoms with Gasteiger partial charge in [-0.25, -0.2) is 0 Å². The normalized spacial score (nSPS) is 19.6. The number of benzene rings is 1. The summed E-state index contributed by atoms with van der Waals surface area (Å²) in [6, 6.07) is 8.06. The number of hydrogen-bond acceptors (Lipinski definition) is 3. The summed E-state index contributed by atoms with van der Waals surface area (Å²) in [4.78, 5) is 4.30. The first-order chi connectivity index (χ1) is 8.31. The zero-order chi connectivity index (χ0) is 12.1. The molecule has 0 saturated heterocycles. The Morgan fingerprint density at radius 3 is 3.18 bits per heavy atom. The van der Waals surface area contributed by atoms with Crippen LogP contribution in [0.3, 0.4) is 0 Å². The van der Waals surface area contributed by atoms with E-state index in [9.17, 15) is 0 Å². The maximum absolute atomic E-state index is 5.96. The molecule has 1 aliphatic heterocycles. The molecule has 1 aromatic rings. The van der Waals surface area contributed by atoms with Crippen LogP contribution >= 0.6 is 0 Å². The van der Waals surface area contributed by atoms with Crippen LogP contribution in [-0.2, 0) is 11.2 Å². The number of ether oxygens (including phenoxy) is 2. The molecule has 0 fully saturated rings. The standard InChI is InChI=1S/C13H18N2O2/c1-16-7-6-15-13(14)11-8-10-4-2-3-5-12(10)17-9-11/h2-5,11H,6-9H2,1H3,(H2,14,15). The van der Waals surface area contributed by atoms with Gasteiger partial charge in [-0.05, 0) is 18.1 Å². The molecule has 4 nitrogen and oxygen atoms in total. The fourth-order valence-electron chi connectivity index (χ4n) is 1.91. The Balaban J connectivity index is 1.99. The van der Waals surface area contributed by atoms with Crippen molar-refractivity contribution in [2.24, 2.45) is 16.6 Å². The zero-order valence-corrected chi connectivity index (χ0v) is 10.1. The number of hydrogen-bond donors (Lipinski definition) is 1. The Labute approximate surface area is 101 Å². The monoisotopic (exact) mass is 234 g/mol. The average Bonchev–Trinajstić information content (AvgIpc) is 2.38. The van der Waals surface area contributed by atoms with Crippen molar-refractivity contribution in [1.29, 1.82) is 0 Å². The van der Waals surface area contributed by atoms with Gasteiger partial charge in [-0.15, -0.1) is 0 Å². The van der Waals surface area contributed by atoms with Crippen LogP contribution in [0.25, 0.3) is 0 Å². The van der Waals surface area contributed by atoms with E-state index >= 15 is 0 Å². The van der Waals surface area contributed by atoms with Crippen LogP contribution in [0.2, 0.25) is 0 Å². The summed E-state index contributed by atoms with van der Waals surface area (Å²) < 4.78 is 10.6. The van der Waals surface area contributed by atoms with E-state index in [0.717, 1.165) is 12.2 Å². The highest BCUT2D eigenvalue weighted by Crippen LogP contribution is 2.26. The minimum atomic E-state index is 0.182. The average molecular weight is 234 g/mol.